The van der Waals surface area contributed by atoms with E-state index < -0.39 is 0 Å². The Morgan fingerprint density at radius 3 is 2.48 bits per heavy atom. The van der Waals surface area contributed by atoms with Crippen LogP contribution in [0.3, 0.4) is 0 Å². The van der Waals surface area contributed by atoms with Gasteiger partial charge in [0.05, 0.1) is 17.1 Å². The zero-order chi connectivity index (χ0) is 22.7. The third-order valence-electron chi connectivity index (χ3n) is 6.91. The van der Waals surface area contributed by atoms with Gasteiger partial charge in [-0.1, -0.05) is 52.3 Å². The highest BCUT2D eigenvalue weighted by molar-refractivity contribution is 6.31. The van der Waals surface area contributed by atoms with Crippen LogP contribution in [0.15, 0.2) is 30.3 Å². The van der Waals surface area contributed by atoms with E-state index >= 15 is 0 Å². The molecule has 0 N–H and O–H groups in total. The summed E-state index contributed by atoms with van der Waals surface area (Å²) >= 11 is 6.17. The normalized spacial score (nSPS) is 23.2. The quantitative estimate of drug-likeness (QED) is 0.608. The number of halogens is 2. The van der Waals surface area contributed by atoms with Gasteiger partial charge in [0.25, 0.3) is 5.91 Å². The Kier molecular flexibility index (Phi) is 5.05. The van der Waals surface area contributed by atoms with Gasteiger partial charge in [-0.15, -0.1) is 0 Å². The Hall–Kier alpha value is -2.58. The Labute approximate surface area is 187 Å². The number of ether oxygens (including phenoxy) is 1. The lowest BCUT2D eigenvalue weighted by Gasteiger charge is -2.65. The number of benzene rings is 2. The highest BCUT2D eigenvalue weighted by atomic mass is 35.5. The largest absolute Gasteiger partial charge is 0.489 e. The Balaban J connectivity index is 1.61. The topological polar surface area (TPSA) is 53.3 Å². The first-order valence-electron chi connectivity index (χ1n) is 10.5. The number of amides is 1. The number of hydrogen-bond donors (Lipinski definition) is 0. The van der Waals surface area contributed by atoms with Gasteiger partial charge < -0.3 is 9.64 Å². The lowest BCUT2D eigenvalue weighted by atomic mass is 9.49. The number of fused-ring (bicyclic) bond motifs is 1. The van der Waals surface area contributed by atoms with E-state index in [1.807, 2.05) is 13.0 Å². The van der Waals surface area contributed by atoms with Crippen LogP contribution in [0, 0.1) is 28.0 Å². The maximum absolute atomic E-state index is 14.9. The fourth-order valence-electron chi connectivity index (χ4n) is 5.91. The fraction of sp³-hybridized carbons (Fsp3) is 0.440. The van der Waals surface area contributed by atoms with Gasteiger partial charge in [0.1, 0.15) is 23.7 Å². The van der Waals surface area contributed by atoms with Crippen molar-refractivity contribution in [1.29, 1.82) is 5.26 Å². The first kappa shape index (κ1) is 21.6. The third-order valence-corrected chi connectivity index (χ3v) is 7.22. The number of carbonyl (C=O) groups excluding carboxylic acids is 1. The molecule has 0 saturated heterocycles. The van der Waals surface area contributed by atoms with E-state index in [1.54, 1.807) is 35.2 Å². The second-order valence-electron chi connectivity index (χ2n) is 9.65. The van der Waals surface area contributed by atoms with Crippen LogP contribution in [0.2, 0.25) is 5.02 Å². The summed E-state index contributed by atoms with van der Waals surface area (Å²) in [5, 5.41) is 9.43. The van der Waals surface area contributed by atoms with Gasteiger partial charge in [0.15, 0.2) is 0 Å². The molecule has 2 aromatic rings. The van der Waals surface area contributed by atoms with Crippen molar-refractivity contribution < 1.29 is 13.9 Å². The molecule has 0 radical (unpaired) electrons. The van der Waals surface area contributed by atoms with Crippen molar-refractivity contribution in [2.45, 2.75) is 59.7 Å². The minimum absolute atomic E-state index is 0.122. The maximum Gasteiger partial charge on any atom is 0.254 e. The number of hydrogen-bond acceptors (Lipinski definition) is 3. The molecule has 4 rings (SSSR count). The van der Waals surface area contributed by atoms with Crippen molar-refractivity contribution in [3.05, 3.63) is 63.4 Å². The fourth-order valence-corrected chi connectivity index (χ4v) is 6.13. The molecule has 1 fully saturated rings. The van der Waals surface area contributed by atoms with Crippen LogP contribution in [0.4, 0.5) is 4.39 Å². The van der Waals surface area contributed by atoms with E-state index in [2.05, 4.69) is 27.7 Å². The van der Waals surface area contributed by atoms with Crippen molar-refractivity contribution in [1.82, 2.24) is 4.90 Å². The SMILES string of the molecule is CCc1ccc2c(c1F)CN([C@H]1C(C)(C)[C@H](Oc3ccc(C#N)c(Cl)c3)C1(C)C)C2=O. The number of nitrogens with zero attached hydrogens (tertiary/aromatic N) is 2. The van der Waals surface area contributed by atoms with E-state index in [-0.39, 0.29) is 41.2 Å². The van der Waals surface area contributed by atoms with Crippen LogP contribution in [0.1, 0.15) is 61.7 Å². The molecule has 1 amide bonds. The summed E-state index contributed by atoms with van der Waals surface area (Å²) in [5.74, 6) is 0.205. The average molecular weight is 441 g/mol. The van der Waals surface area contributed by atoms with E-state index in [4.69, 9.17) is 21.6 Å². The molecule has 1 saturated carbocycles. The molecule has 0 bridgehead atoms. The minimum atomic E-state index is -0.369. The Morgan fingerprint density at radius 2 is 1.90 bits per heavy atom. The molecule has 0 aromatic heterocycles. The number of rotatable bonds is 4. The number of nitriles is 1. The molecule has 1 aliphatic carbocycles. The summed E-state index contributed by atoms with van der Waals surface area (Å²) in [5.41, 5.74) is 1.26. The van der Waals surface area contributed by atoms with Crippen molar-refractivity contribution in [3.63, 3.8) is 0 Å². The summed E-state index contributed by atoms with van der Waals surface area (Å²) in [6.07, 6.45) is 0.401. The van der Waals surface area contributed by atoms with E-state index in [1.165, 1.54) is 0 Å². The summed E-state index contributed by atoms with van der Waals surface area (Å²) in [6, 6.07) is 10.4. The molecule has 6 heteroatoms. The smallest absolute Gasteiger partial charge is 0.254 e. The van der Waals surface area contributed by atoms with Gasteiger partial charge in [-0.05, 0) is 30.2 Å². The minimum Gasteiger partial charge on any atom is -0.489 e. The highest BCUT2D eigenvalue weighted by Gasteiger charge is 2.67. The van der Waals surface area contributed by atoms with Gasteiger partial charge >= 0.3 is 0 Å². The molecule has 0 unspecified atom stereocenters. The van der Waals surface area contributed by atoms with Crippen molar-refractivity contribution in [3.8, 4) is 11.8 Å². The van der Waals surface area contributed by atoms with Gasteiger partial charge in [0.2, 0.25) is 0 Å². The molecular weight excluding hydrogens is 415 g/mol. The van der Waals surface area contributed by atoms with Crippen LogP contribution in [0.25, 0.3) is 0 Å². The molecule has 4 nitrogen and oxygen atoms in total. The summed E-state index contributed by atoms with van der Waals surface area (Å²) in [4.78, 5) is 15.0. The van der Waals surface area contributed by atoms with Gasteiger partial charge in [-0.2, -0.15) is 5.26 Å². The lowest BCUT2D eigenvalue weighted by molar-refractivity contribution is -0.199. The van der Waals surface area contributed by atoms with E-state index in [0.717, 1.165) is 0 Å². The first-order chi connectivity index (χ1) is 14.5. The van der Waals surface area contributed by atoms with Crippen LogP contribution in [-0.4, -0.2) is 23.0 Å². The van der Waals surface area contributed by atoms with Gasteiger partial charge in [-0.3, -0.25) is 4.79 Å². The monoisotopic (exact) mass is 440 g/mol. The Bertz CT molecular complexity index is 1100. The second-order valence-corrected chi connectivity index (χ2v) is 10.1. The molecule has 0 atom stereocenters. The first-order valence-corrected chi connectivity index (χ1v) is 10.9. The van der Waals surface area contributed by atoms with Crippen molar-refractivity contribution in [2.24, 2.45) is 10.8 Å². The van der Waals surface area contributed by atoms with Gasteiger partial charge in [-0.25, -0.2) is 4.39 Å². The molecule has 1 aliphatic heterocycles. The Morgan fingerprint density at radius 1 is 1.23 bits per heavy atom. The van der Waals surface area contributed by atoms with Crippen molar-refractivity contribution in [2.75, 3.05) is 0 Å². The van der Waals surface area contributed by atoms with E-state index in [0.29, 0.717) is 39.4 Å². The van der Waals surface area contributed by atoms with Crippen LogP contribution in [-0.2, 0) is 13.0 Å². The molecule has 2 aliphatic rings. The predicted octanol–water partition coefficient (Wildman–Crippen LogP) is 5.75. The predicted molar refractivity (Wildman–Crippen MR) is 118 cm³/mol. The summed E-state index contributed by atoms with van der Waals surface area (Å²) in [7, 11) is 0. The summed E-state index contributed by atoms with van der Waals surface area (Å²) < 4.78 is 21.2. The molecule has 0 spiro atoms. The van der Waals surface area contributed by atoms with Crippen molar-refractivity contribution >= 4 is 17.5 Å². The van der Waals surface area contributed by atoms with Gasteiger partial charge in [0, 0.05) is 34.1 Å². The zero-order valence-electron chi connectivity index (χ0n) is 18.4. The molecule has 31 heavy (non-hydrogen) atoms. The maximum atomic E-state index is 14.9. The van der Waals surface area contributed by atoms with Crippen LogP contribution >= 0.6 is 11.6 Å². The molecular formula is C25H26ClFN2O2. The third kappa shape index (κ3) is 3.11. The molecule has 1 heterocycles. The number of aryl methyl sites for hydroxylation is 1. The molecule has 2 aromatic carbocycles. The average Bonchev–Trinajstić information content (AvgIpc) is 3.03. The van der Waals surface area contributed by atoms with Crippen LogP contribution in [0.5, 0.6) is 5.75 Å². The summed E-state index contributed by atoms with van der Waals surface area (Å²) in [6.45, 7) is 10.5. The standard InChI is InChI=1S/C25H26ClFN2O2/c1-6-14-8-10-17-18(20(14)27)13-29(21(17)30)22-24(2,3)23(25(22,4)5)31-16-9-7-15(12-28)19(26)11-16/h7-11,22-23H,6,13H2,1-5H3/t22-,23-. The second kappa shape index (κ2) is 7.24. The number of carbonyl (C=O) groups is 1. The van der Waals surface area contributed by atoms with Crippen LogP contribution < -0.4 is 4.74 Å². The van der Waals surface area contributed by atoms with E-state index in [9.17, 15) is 9.18 Å². The highest BCUT2D eigenvalue weighted by Crippen LogP contribution is 2.59. The zero-order valence-corrected chi connectivity index (χ0v) is 19.2. The molecule has 162 valence electrons. The lowest BCUT2D eigenvalue weighted by Crippen LogP contribution is -2.74.